The number of imide groups is 1. The highest BCUT2D eigenvalue weighted by molar-refractivity contribution is 6.07. The summed E-state index contributed by atoms with van der Waals surface area (Å²) in [5, 5.41) is 4.93. The molecule has 0 unspecified atom stereocenters. The second-order valence-electron chi connectivity index (χ2n) is 6.69. The average molecular weight is 313 g/mol. The van der Waals surface area contributed by atoms with Gasteiger partial charge in [0.05, 0.1) is 13.0 Å². The Hall–Kier alpha value is -2.37. The maximum atomic E-state index is 12.5. The van der Waals surface area contributed by atoms with E-state index in [1.807, 2.05) is 6.07 Å². The summed E-state index contributed by atoms with van der Waals surface area (Å²) in [5.41, 5.74) is 2.85. The van der Waals surface area contributed by atoms with Crippen molar-refractivity contribution in [3.8, 4) is 0 Å². The molecule has 0 saturated carbocycles. The van der Waals surface area contributed by atoms with Gasteiger partial charge in [-0.3, -0.25) is 14.9 Å². The van der Waals surface area contributed by atoms with E-state index in [9.17, 15) is 14.4 Å². The molecule has 0 aromatic heterocycles. The predicted molar refractivity (Wildman–Crippen MR) is 82.8 cm³/mol. The van der Waals surface area contributed by atoms with Crippen LogP contribution in [0.5, 0.6) is 0 Å². The summed E-state index contributed by atoms with van der Waals surface area (Å²) < 4.78 is 0. The van der Waals surface area contributed by atoms with Crippen LogP contribution in [0.3, 0.4) is 0 Å². The van der Waals surface area contributed by atoms with Crippen LogP contribution in [0.4, 0.5) is 4.79 Å². The smallest absolute Gasteiger partial charge is 0.322 e. The molecule has 3 aliphatic rings. The monoisotopic (exact) mass is 313 g/mol. The van der Waals surface area contributed by atoms with Crippen LogP contribution in [-0.4, -0.2) is 41.4 Å². The van der Waals surface area contributed by atoms with Crippen molar-refractivity contribution < 1.29 is 14.4 Å². The third-order valence-electron chi connectivity index (χ3n) is 5.15. The summed E-state index contributed by atoms with van der Waals surface area (Å²) in [5.74, 6) is -0.316. The zero-order valence-electron chi connectivity index (χ0n) is 12.9. The minimum Gasteiger partial charge on any atom is -0.339 e. The molecule has 4 rings (SSSR count). The zero-order chi connectivity index (χ0) is 16.0. The molecule has 4 amide bonds. The molecule has 2 aliphatic heterocycles. The number of carbonyl (C=O) groups is 3. The van der Waals surface area contributed by atoms with Gasteiger partial charge < -0.3 is 10.2 Å². The summed E-state index contributed by atoms with van der Waals surface area (Å²) in [6.07, 6.45) is 4.24. The van der Waals surface area contributed by atoms with Crippen LogP contribution in [0.25, 0.3) is 0 Å². The highest BCUT2D eigenvalue weighted by Crippen LogP contribution is 2.26. The van der Waals surface area contributed by atoms with Gasteiger partial charge in [0.2, 0.25) is 5.91 Å². The van der Waals surface area contributed by atoms with E-state index in [0.717, 1.165) is 18.4 Å². The molecule has 120 valence electrons. The lowest BCUT2D eigenvalue weighted by Crippen LogP contribution is -2.49. The minimum absolute atomic E-state index is 0.00812. The number of aryl methyl sites for hydroxylation is 2. The molecule has 1 aliphatic carbocycles. The molecular weight excluding hydrogens is 294 g/mol. The van der Waals surface area contributed by atoms with Crippen LogP contribution >= 0.6 is 0 Å². The van der Waals surface area contributed by atoms with Crippen molar-refractivity contribution in [2.45, 2.75) is 37.6 Å². The Balaban J connectivity index is 1.44. The van der Waals surface area contributed by atoms with E-state index < -0.39 is 11.6 Å². The number of carbonyl (C=O) groups excluding carboxylic acids is 3. The SMILES string of the molecule is O=C1NC(=O)[C@]2(CCN(C(=O)Cc3ccc4c(c3)CCC4)C2)N1. The first-order valence-electron chi connectivity index (χ1n) is 8.08. The Labute approximate surface area is 134 Å². The second kappa shape index (κ2) is 5.08. The first kappa shape index (κ1) is 14.2. The van der Waals surface area contributed by atoms with Crippen LogP contribution in [0.1, 0.15) is 29.5 Å². The van der Waals surface area contributed by atoms with Gasteiger partial charge in [-0.15, -0.1) is 0 Å². The number of fused-ring (bicyclic) bond motifs is 1. The quantitative estimate of drug-likeness (QED) is 0.782. The molecule has 0 bridgehead atoms. The first-order chi connectivity index (χ1) is 11.1. The lowest BCUT2D eigenvalue weighted by atomic mass is 9.99. The second-order valence-corrected chi connectivity index (χ2v) is 6.69. The fourth-order valence-corrected chi connectivity index (χ4v) is 3.86. The molecule has 2 N–H and O–H groups in total. The Morgan fingerprint density at radius 3 is 2.83 bits per heavy atom. The van der Waals surface area contributed by atoms with Crippen molar-refractivity contribution in [3.05, 3.63) is 34.9 Å². The maximum Gasteiger partial charge on any atom is 0.322 e. The standard InChI is InChI=1S/C17H19N3O3/c21-14(9-11-4-5-12-2-1-3-13(12)8-11)20-7-6-17(10-20)15(22)18-16(23)19-17/h4-5,8H,1-3,6-7,9-10H2,(H2,18,19,22,23)/t17-/m1/s1. The Bertz CT molecular complexity index is 715. The van der Waals surface area contributed by atoms with E-state index in [-0.39, 0.29) is 18.4 Å². The fourth-order valence-electron chi connectivity index (χ4n) is 3.86. The molecule has 1 aromatic rings. The molecule has 2 heterocycles. The lowest BCUT2D eigenvalue weighted by Gasteiger charge is -2.21. The number of likely N-dealkylation sites (tertiary alicyclic amines) is 1. The normalized spacial score (nSPS) is 25.7. The Kier molecular flexibility index (Phi) is 3.14. The molecule has 6 heteroatoms. The zero-order valence-corrected chi connectivity index (χ0v) is 12.9. The molecule has 23 heavy (non-hydrogen) atoms. The van der Waals surface area contributed by atoms with Gasteiger partial charge in [-0.25, -0.2) is 4.79 Å². The molecule has 1 aromatic carbocycles. The third kappa shape index (κ3) is 2.38. The lowest BCUT2D eigenvalue weighted by molar-refractivity contribution is -0.130. The van der Waals surface area contributed by atoms with Gasteiger partial charge in [0.15, 0.2) is 0 Å². The van der Waals surface area contributed by atoms with Crippen LogP contribution in [0.2, 0.25) is 0 Å². The maximum absolute atomic E-state index is 12.5. The summed E-state index contributed by atoms with van der Waals surface area (Å²) in [6.45, 7) is 0.756. The molecule has 2 fully saturated rings. The van der Waals surface area contributed by atoms with E-state index in [4.69, 9.17) is 0 Å². The topological polar surface area (TPSA) is 78.5 Å². The van der Waals surface area contributed by atoms with Crippen molar-refractivity contribution in [1.82, 2.24) is 15.5 Å². The fraction of sp³-hybridized carbons (Fsp3) is 0.471. The van der Waals surface area contributed by atoms with E-state index in [1.165, 1.54) is 17.5 Å². The minimum atomic E-state index is -0.926. The van der Waals surface area contributed by atoms with Gasteiger partial charge >= 0.3 is 6.03 Å². The van der Waals surface area contributed by atoms with Gasteiger partial charge in [0.1, 0.15) is 5.54 Å². The highest BCUT2D eigenvalue weighted by Gasteiger charge is 2.51. The summed E-state index contributed by atoms with van der Waals surface area (Å²) in [4.78, 5) is 37.5. The number of urea groups is 1. The molecule has 1 atom stereocenters. The van der Waals surface area contributed by atoms with Crippen molar-refractivity contribution in [3.63, 3.8) is 0 Å². The van der Waals surface area contributed by atoms with E-state index in [2.05, 4.69) is 22.8 Å². The molecular formula is C17H19N3O3. The summed E-state index contributed by atoms with van der Waals surface area (Å²) >= 11 is 0. The van der Waals surface area contributed by atoms with Crippen LogP contribution in [0, 0.1) is 0 Å². The van der Waals surface area contributed by atoms with Gasteiger partial charge in [0, 0.05) is 6.54 Å². The van der Waals surface area contributed by atoms with E-state index in [1.54, 1.807) is 4.90 Å². The summed E-state index contributed by atoms with van der Waals surface area (Å²) in [6, 6.07) is 5.82. The summed E-state index contributed by atoms with van der Waals surface area (Å²) in [7, 11) is 0. The largest absolute Gasteiger partial charge is 0.339 e. The van der Waals surface area contributed by atoms with Crippen molar-refractivity contribution in [2.75, 3.05) is 13.1 Å². The third-order valence-corrected chi connectivity index (χ3v) is 5.15. The van der Waals surface area contributed by atoms with Crippen LogP contribution in [-0.2, 0) is 28.9 Å². The van der Waals surface area contributed by atoms with Gasteiger partial charge in [-0.05, 0) is 42.4 Å². The number of rotatable bonds is 2. The van der Waals surface area contributed by atoms with E-state index in [0.29, 0.717) is 19.4 Å². The Morgan fingerprint density at radius 1 is 1.22 bits per heavy atom. The van der Waals surface area contributed by atoms with Crippen LogP contribution in [0.15, 0.2) is 18.2 Å². The van der Waals surface area contributed by atoms with Gasteiger partial charge in [-0.2, -0.15) is 0 Å². The van der Waals surface area contributed by atoms with E-state index >= 15 is 0 Å². The van der Waals surface area contributed by atoms with Crippen LogP contribution < -0.4 is 10.6 Å². The molecule has 0 radical (unpaired) electrons. The predicted octanol–water partition coefficient (Wildman–Crippen LogP) is 0.528. The number of hydrogen-bond donors (Lipinski definition) is 2. The molecule has 2 saturated heterocycles. The highest BCUT2D eigenvalue weighted by atomic mass is 16.2. The molecule has 1 spiro atoms. The average Bonchev–Trinajstić information content (AvgIpc) is 3.19. The van der Waals surface area contributed by atoms with Gasteiger partial charge in [-0.1, -0.05) is 18.2 Å². The van der Waals surface area contributed by atoms with Crippen molar-refractivity contribution in [2.24, 2.45) is 0 Å². The molecule has 6 nitrogen and oxygen atoms in total. The Morgan fingerprint density at radius 2 is 2.04 bits per heavy atom. The number of amides is 4. The first-order valence-corrected chi connectivity index (χ1v) is 8.08. The van der Waals surface area contributed by atoms with Crippen molar-refractivity contribution >= 4 is 17.8 Å². The number of hydrogen-bond acceptors (Lipinski definition) is 3. The number of nitrogens with one attached hydrogen (secondary N) is 2. The van der Waals surface area contributed by atoms with Crippen molar-refractivity contribution in [1.29, 1.82) is 0 Å². The number of benzene rings is 1. The number of nitrogens with zero attached hydrogens (tertiary/aromatic N) is 1. The van der Waals surface area contributed by atoms with Gasteiger partial charge in [0.25, 0.3) is 5.91 Å².